The summed E-state index contributed by atoms with van der Waals surface area (Å²) in [4.78, 5) is 6.57. The molecule has 1 aromatic carbocycles. The molecule has 2 aliphatic rings. The molecule has 3 heterocycles. The predicted octanol–water partition coefficient (Wildman–Crippen LogP) is 1.53. The normalized spacial score (nSPS) is 25.1. The molecule has 2 aliphatic heterocycles. The smallest absolute Gasteiger partial charge is 0.324 e. The zero-order valence-corrected chi connectivity index (χ0v) is 10.9. The van der Waals surface area contributed by atoms with Crippen molar-refractivity contribution in [3.63, 3.8) is 0 Å². The minimum absolute atomic E-state index is 0.266. The van der Waals surface area contributed by atoms with Gasteiger partial charge in [0, 0.05) is 31.7 Å². The van der Waals surface area contributed by atoms with E-state index in [2.05, 4.69) is 20.4 Å². The van der Waals surface area contributed by atoms with Gasteiger partial charge in [0.05, 0.1) is 0 Å². The van der Waals surface area contributed by atoms with Crippen LogP contribution in [0.5, 0.6) is 0 Å². The third-order valence-corrected chi connectivity index (χ3v) is 4.18. The van der Waals surface area contributed by atoms with Gasteiger partial charge in [0.2, 0.25) is 5.82 Å². The lowest BCUT2D eigenvalue weighted by molar-refractivity contribution is 0.417. The summed E-state index contributed by atoms with van der Waals surface area (Å²) in [5, 5.41) is 7.39. The molecule has 0 amide bonds. The lowest BCUT2D eigenvalue weighted by Crippen LogP contribution is -2.25. The zero-order chi connectivity index (χ0) is 13.5. The molecular weight excluding hydrogens is 259 g/mol. The van der Waals surface area contributed by atoms with Crippen LogP contribution in [0.2, 0.25) is 0 Å². The lowest BCUT2D eigenvalue weighted by atomic mass is 10.0. The van der Waals surface area contributed by atoms with Gasteiger partial charge < -0.3 is 14.7 Å². The maximum atomic E-state index is 12.9. The molecule has 20 heavy (non-hydrogen) atoms. The molecule has 0 aliphatic carbocycles. The molecule has 1 aromatic heterocycles. The molecule has 5 nitrogen and oxygen atoms in total. The van der Waals surface area contributed by atoms with Crippen molar-refractivity contribution in [2.45, 2.75) is 0 Å². The van der Waals surface area contributed by atoms with Gasteiger partial charge in [0.1, 0.15) is 5.82 Å². The molecular formula is C14H15FN4O. The monoisotopic (exact) mass is 274 g/mol. The van der Waals surface area contributed by atoms with Crippen molar-refractivity contribution >= 4 is 6.01 Å². The molecule has 0 unspecified atom stereocenters. The summed E-state index contributed by atoms with van der Waals surface area (Å²) in [6.45, 7) is 4.06. The number of benzene rings is 1. The summed E-state index contributed by atoms with van der Waals surface area (Å²) < 4.78 is 18.3. The van der Waals surface area contributed by atoms with Crippen molar-refractivity contribution in [1.29, 1.82) is 0 Å². The molecule has 0 radical (unpaired) electrons. The molecule has 0 bridgehead atoms. The summed E-state index contributed by atoms with van der Waals surface area (Å²) in [6.07, 6.45) is 0. The highest BCUT2D eigenvalue weighted by atomic mass is 19.1. The van der Waals surface area contributed by atoms with Crippen LogP contribution in [0.4, 0.5) is 10.4 Å². The standard InChI is InChI=1S/C14H15FN4O/c15-12-3-1-9(2-4-12)13-17-14(20-18-13)19-7-10-5-16-6-11(10)8-19/h1-4,10-11,16H,5-8H2/t10-,11+. The Morgan fingerprint density at radius 3 is 2.55 bits per heavy atom. The van der Waals surface area contributed by atoms with Crippen LogP contribution in [0.1, 0.15) is 0 Å². The average molecular weight is 274 g/mol. The van der Waals surface area contributed by atoms with Crippen LogP contribution >= 0.6 is 0 Å². The number of hydrogen-bond acceptors (Lipinski definition) is 5. The maximum Gasteiger partial charge on any atom is 0.324 e. The number of hydrogen-bond donors (Lipinski definition) is 1. The van der Waals surface area contributed by atoms with Crippen molar-refractivity contribution in [2.75, 3.05) is 31.1 Å². The number of rotatable bonds is 2. The molecule has 2 aromatic rings. The number of nitrogens with zero attached hydrogens (tertiary/aromatic N) is 3. The number of nitrogens with one attached hydrogen (secondary N) is 1. The van der Waals surface area contributed by atoms with Crippen LogP contribution in [-0.4, -0.2) is 36.3 Å². The van der Waals surface area contributed by atoms with Crippen molar-refractivity contribution < 1.29 is 8.91 Å². The van der Waals surface area contributed by atoms with E-state index in [1.54, 1.807) is 12.1 Å². The molecule has 1 N–H and O–H groups in total. The van der Waals surface area contributed by atoms with Crippen molar-refractivity contribution in [3.05, 3.63) is 30.1 Å². The van der Waals surface area contributed by atoms with Gasteiger partial charge in [0.15, 0.2) is 0 Å². The van der Waals surface area contributed by atoms with E-state index in [1.165, 1.54) is 12.1 Å². The fraction of sp³-hybridized carbons (Fsp3) is 0.429. The minimum Gasteiger partial charge on any atom is -0.324 e. The van der Waals surface area contributed by atoms with Gasteiger partial charge in [0.25, 0.3) is 0 Å². The average Bonchev–Trinajstić information content (AvgIpc) is 3.14. The van der Waals surface area contributed by atoms with Gasteiger partial charge in [-0.3, -0.25) is 0 Å². The molecule has 0 saturated carbocycles. The first-order valence-corrected chi connectivity index (χ1v) is 6.85. The van der Waals surface area contributed by atoms with Crippen LogP contribution in [0.15, 0.2) is 28.8 Å². The Bertz CT molecular complexity index is 600. The van der Waals surface area contributed by atoms with E-state index in [9.17, 15) is 4.39 Å². The first-order valence-electron chi connectivity index (χ1n) is 6.85. The number of fused-ring (bicyclic) bond motifs is 1. The Hall–Kier alpha value is -1.95. The summed E-state index contributed by atoms with van der Waals surface area (Å²) in [6, 6.07) is 6.69. The maximum absolute atomic E-state index is 12.9. The second kappa shape index (κ2) is 4.56. The topological polar surface area (TPSA) is 54.2 Å². The van der Waals surface area contributed by atoms with E-state index in [-0.39, 0.29) is 5.82 Å². The van der Waals surface area contributed by atoms with Crippen molar-refractivity contribution in [1.82, 2.24) is 15.5 Å². The summed E-state index contributed by atoms with van der Waals surface area (Å²) in [5.41, 5.74) is 0.766. The van der Waals surface area contributed by atoms with Crippen molar-refractivity contribution in [2.24, 2.45) is 11.8 Å². The second-order valence-corrected chi connectivity index (χ2v) is 5.49. The van der Waals surface area contributed by atoms with Gasteiger partial charge in [-0.15, -0.1) is 0 Å². The Kier molecular flexibility index (Phi) is 2.70. The lowest BCUT2D eigenvalue weighted by Gasteiger charge is -2.12. The molecule has 104 valence electrons. The van der Waals surface area contributed by atoms with Gasteiger partial charge in [-0.05, 0) is 36.1 Å². The third kappa shape index (κ3) is 1.96. The van der Waals surface area contributed by atoms with Crippen LogP contribution in [-0.2, 0) is 0 Å². The van der Waals surface area contributed by atoms with Gasteiger partial charge in [-0.25, -0.2) is 4.39 Å². The van der Waals surface area contributed by atoms with Gasteiger partial charge >= 0.3 is 6.01 Å². The summed E-state index contributed by atoms with van der Waals surface area (Å²) >= 11 is 0. The molecule has 2 fully saturated rings. The SMILES string of the molecule is Fc1ccc(-c2noc(N3C[C@H]4CNC[C@H]4C3)n2)cc1. The number of aromatic nitrogens is 2. The second-order valence-electron chi connectivity index (χ2n) is 5.49. The number of halogens is 1. The summed E-state index contributed by atoms with van der Waals surface area (Å²) in [5.74, 6) is 1.60. The number of anilines is 1. The zero-order valence-electron chi connectivity index (χ0n) is 10.9. The van der Waals surface area contributed by atoms with E-state index in [0.29, 0.717) is 23.7 Å². The quantitative estimate of drug-likeness (QED) is 0.900. The Labute approximate surface area is 115 Å². The molecule has 0 spiro atoms. The predicted molar refractivity (Wildman–Crippen MR) is 71.8 cm³/mol. The summed E-state index contributed by atoms with van der Waals surface area (Å²) in [7, 11) is 0. The van der Waals surface area contributed by atoms with Crippen LogP contribution in [0, 0.1) is 17.7 Å². The molecule has 2 atom stereocenters. The molecule has 4 rings (SSSR count). The highest BCUT2D eigenvalue weighted by Crippen LogP contribution is 2.30. The first-order chi connectivity index (χ1) is 9.79. The molecule has 2 saturated heterocycles. The van der Waals surface area contributed by atoms with Crippen LogP contribution < -0.4 is 10.2 Å². The van der Waals surface area contributed by atoms with E-state index < -0.39 is 0 Å². The first kappa shape index (κ1) is 11.8. The molecule has 6 heteroatoms. The van der Waals surface area contributed by atoms with E-state index in [4.69, 9.17) is 4.52 Å². The Morgan fingerprint density at radius 2 is 1.85 bits per heavy atom. The Balaban J connectivity index is 1.55. The van der Waals surface area contributed by atoms with Gasteiger partial charge in [-0.2, -0.15) is 4.98 Å². The van der Waals surface area contributed by atoms with E-state index >= 15 is 0 Å². The van der Waals surface area contributed by atoms with Gasteiger partial charge in [-0.1, -0.05) is 5.16 Å². The van der Waals surface area contributed by atoms with Crippen LogP contribution in [0.3, 0.4) is 0 Å². The van der Waals surface area contributed by atoms with E-state index in [0.717, 1.165) is 31.7 Å². The fourth-order valence-corrected chi connectivity index (χ4v) is 3.07. The van der Waals surface area contributed by atoms with Crippen molar-refractivity contribution in [3.8, 4) is 11.4 Å². The highest BCUT2D eigenvalue weighted by molar-refractivity contribution is 5.55. The fourth-order valence-electron chi connectivity index (χ4n) is 3.07. The van der Waals surface area contributed by atoms with Crippen LogP contribution in [0.25, 0.3) is 11.4 Å². The highest BCUT2D eigenvalue weighted by Gasteiger charge is 2.38. The third-order valence-electron chi connectivity index (χ3n) is 4.18. The Morgan fingerprint density at radius 1 is 1.15 bits per heavy atom. The minimum atomic E-state index is -0.266. The van der Waals surface area contributed by atoms with E-state index in [1.807, 2.05) is 0 Å². The largest absolute Gasteiger partial charge is 0.324 e.